The molecule has 0 spiro atoms. The van der Waals surface area contributed by atoms with Crippen molar-refractivity contribution >= 4 is 35.3 Å². The van der Waals surface area contributed by atoms with Crippen LogP contribution in [0.25, 0.3) is 4.91 Å². The number of thioether (sulfide) groups is 1. The SMILES string of the molecule is COC(=O)CN1C=CSC(c2cccc(S)c2)=C1. The van der Waals surface area contributed by atoms with Gasteiger partial charge in [-0.25, -0.2) is 0 Å². The molecule has 0 aliphatic carbocycles. The molecule has 1 heterocycles. The monoisotopic (exact) mass is 279 g/mol. The largest absolute Gasteiger partial charge is 0.468 e. The number of rotatable bonds is 3. The van der Waals surface area contributed by atoms with Crippen molar-refractivity contribution in [2.75, 3.05) is 13.7 Å². The molecule has 0 N–H and O–H groups in total. The summed E-state index contributed by atoms with van der Waals surface area (Å²) in [6.45, 7) is 0.220. The van der Waals surface area contributed by atoms with Gasteiger partial charge in [0.2, 0.25) is 0 Å². The number of nitrogens with zero attached hydrogens (tertiary/aromatic N) is 1. The van der Waals surface area contributed by atoms with Gasteiger partial charge in [0.1, 0.15) is 6.54 Å². The topological polar surface area (TPSA) is 29.5 Å². The van der Waals surface area contributed by atoms with Crippen LogP contribution in [0.5, 0.6) is 0 Å². The van der Waals surface area contributed by atoms with Gasteiger partial charge in [0.15, 0.2) is 0 Å². The Bertz CT molecular complexity index is 511. The van der Waals surface area contributed by atoms with Crippen LogP contribution in [0.2, 0.25) is 0 Å². The average molecular weight is 279 g/mol. The van der Waals surface area contributed by atoms with Gasteiger partial charge in [-0.3, -0.25) is 4.79 Å². The summed E-state index contributed by atoms with van der Waals surface area (Å²) >= 11 is 5.94. The molecule has 0 saturated heterocycles. The fourth-order valence-electron chi connectivity index (χ4n) is 1.52. The molecule has 0 bridgehead atoms. The fourth-order valence-corrected chi connectivity index (χ4v) is 2.57. The van der Waals surface area contributed by atoms with E-state index in [9.17, 15) is 4.79 Å². The molecule has 0 atom stereocenters. The predicted octanol–water partition coefficient (Wildman–Crippen LogP) is 2.97. The number of hydrogen-bond acceptors (Lipinski definition) is 5. The van der Waals surface area contributed by atoms with Crippen LogP contribution < -0.4 is 0 Å². The summed E-state index contributed by atoms with van der Waals surface area (Å²) in [7, 11) is 1.39. The summed E-state index contributed by atoms with van der Waals surface area (Å²) in [5.74, 6) is -0.259. The van der Waals surface area contributed by atoms with E-state index in [0.29, 0.717) is 0 Å². The third kappa shape index (κ3) is 3.34. The first-order chi connectivity index (χ1) is 8.69. The molecule has 1 aromatic rings. The molecule has 0 aromatic heterocycles. The second-order valence-corrected chi connectivity index (χ2v) is 5.16. The van der Waals surface area contributed by atoms with Crippen molar-refractivity contribution in [2.24, 2.45) is 0 Å². The Morgan fingerprint density at radius 1 is 1.50 bits per heavy atom. The van der Waals surface area contributed by atoms with E-state index in [1.807, 2.05) is 47.0 Å². The Hall–Kier alpha value is -1.33. The maximum atomic E-state index is 11.2. The van der Waals surface area contributed by atoms with Crippen molar-refractivity contribution < 1.29 is 9.53 Å². The van der Waals surface area contributed by atoms with Gasteiger partial charge >= 0.3 is 5.97 Å². The zero-order valence-corrected chi connectivity index (χ0v) is 11.6. The van der Waals surface area contributed by atoms with Gasteiger partial charge in [-0.15, -0.1) is 12.6 Å². The fraction of sp³-hybridized carbons (Fsp3) is 0.154. The molecule has 0 saturated carbocycles. The van der Waals surface area contributed by atoms with Gasteiger partial charge in [-0.05, 0) is 23.1 Å². The van der Waals surface area contributed by atoms with Crippen LogP contribution in [0.3, 0.4) is 0 Å². The van der Waals surface area contributed by atoms with Gasteiger partial charge < -0.3 is 9.64 Å². The van der Waals surface area contributed by atoms with Crippen molar-refractivity contribution in [3.63, 3.8) is 0 Å². The third-order valence-electron chi connectivity index (χ3n) is 2.40. The van der Waals surface area contributed by atoms with E-state index in [4.69, 9.17) is 0 Å². The lowest BCUT2D eigenvalue weighted by Crippen LogP contribution is -2.22. The predicted molar refractivity (Wildman–Crippen MR) is 77.1 cm³/mol. The average Bonchev–Trinajstić information content (AvgIpc) is 2.39. The quantitative estimate of drug-likeness (QED) is 0.680. The molecule has 94 valence electrons. The molecule has 1 aliphatic rings. The lowest BCUT2D eigenvalue weighted by atomic mass is 10.2. The van der Waals surface area contributed by atoms with Gasteiger partial charge in [-0.1, -0.05) is 23.9 Å². The van der Waals surface area contributed by atoms with Crippen molar-refractivity contribution in [1.29, 1.82) is 0 Å². The van der Waals surface area contributed by atoms with Crippen LogP contribution in [0, 0.1) is 0 Å². The smallest absolute Gasteiger partial charge is 0.325 e. The summed E-state index contributed by atoms with van der Waals surface area (Å²) in [5, 5.41) is 1.95. The number of carbonyl (C=O) groups excluding carboxylic acids is 1. The van der Waals surface area contributed by atoms with E-state index in [1.165, 1.54) is 7.11 Å². The van der Waals surface area contributed by atoms with E-state index in [1.54, 1.807) is 11.8 Å². The molecule has 1 aliphatic heterocycles. The lowest BCUT2D eigenvalue weighted by molar-refractivity contribution is -0.140. The maximum Gasteiger partial charge on any atom is 0.325 e. The van der Waals surface area contributed by atoms with Crippen LogP contribution in [-0.2, 0) is 9.53 Å². The number of ether oxygens (including phenoxy) is 1. The summed E-state index contributed by atoms with van der Waals surface area (Å²) < 4.78 is 4.65. The standard InChI is InChI=1S/C13H13NO2S2/c1-16-13(15)9-14-5-6-18-12(8-14)10-3-2-4-11(17)7-10/h2-8,17H,9H2,1H3. The highest BCUT2D eigenvalue weighted by molar-refractivity contribution is 8.11. The van der Waals surface area contributed by atoms with Gasteiger partial charge in [0.05, 0.1) is 7.11 Å². The van der Waals surface area contributed by atoms with Crippen molar-refractivity contribution in [3.05, 3.63) is 47.6 Å². The molecule has 3 nitrogen and oxygen atoms in total. The minimum Gasteiger partial charge on any atom is -0.468 e. The van der Waals surface area contributed by atoms with Crippen LogP contribution >= 0.6 is 24.4 Å². The molecular formula is C13H13NO2S2. The number of methoxy groups -OCH3 is 1. The Kier molecular flexibility index (Phi) is 4.38. The summed E-state index contributed by atoms with van der Waals surface area (Å²) in [6, 6.07) is 7.91. The second-order valence-electron chi connectivity index (χ2n) is 3.70. The summed E-state index contributed by atoms with van der Waals surface area (Å²) in [4.78, 5) is 15.0. The number of thiol groups is 1. The second kappa shape index (κ2) is 6.02. The molecule has 1 aromatic carbocycles. The minimum absolute atomic E-state index is 0.220. The van der Waals surface area contributed by atoms with Crippen LogP contribution in [0.1, 0.15) is 5.56 Å². The molecule has 0 radical (unpaired) electrons. The summed E-state index contributed by atoms with van der Waals surface area (Å²) in [5.41, 5.74) is 1.09. The first kappa shape index (κ1) is 13.1. The molecule has 0 fully saturated rings. The van der Waals surface area contributed by atoms with Gasteiger partial charge in [-0.2, -0.15) is 0 Å². The Balaban J connectivity index is 2.16. The van der Waals surface area contributed by atoms with Crippen LogP contribution in [0.15, 0.2) is 47.0 Å². The van der Waals surface area contributed by atoms with Crippen molar-refractivity contribution in [1.82, 2.24) is 4.90 Å². The first-order valence-electron chi connectivity index (χ1n) is 5.36. The molecule has 5 heteroatoms. The van der Waals surface area contributed by atoms with E-state index in [2.05, 4.69) is 17.4 Å². The molecule has 2 rings (SSSR count). The highest BCUT2D eigenvalue weighted by Gasteiger charge is 2.11. The minimum atomic E-state index is -0.259. The van der Waals surface area contributed by atoms with Gasteiger partial charge in [0.25, 0.3) is 0 Å². The van der Waals surface area contributed by atoms with Crippen molar-refractivity contribution in [2.45, 2.75) is 4.90 Å². The number of esters is 1. The molecular weight excluding hydrogens is 266 g/mol. The first-order valence-corrected chi connectivity index (χ1v) is 6.69. The van der Waals surface area contributed by atoms with Crippen molar-refractivity contribution in [3.8, 4) is 0 Å². The normalized spacial score (nSPS) is 14.3. The molecule has 0 unspecified atom stereocenters. The zero-order chi connectivity index (χ0) is 13.0. The molecule has 0 amide bonds. The lowest BCUT2D eigenvalue weighted by Gasteiger charge is -2.20. The number of hydrogen-bond donors (Lipinski definition) is 1. The Morgan fingerprint density at radius 2 is 2.33 bits per heavy atom. The van der Waals surface area contributed by atoms with E-state index < -0.39 is 0 Å². The number of benzene rings is 1. The highest BCUT2D eigenvalue weighted by Crippen LogP contribution is 2.32. The van der Waals surface area contributed by atoms with E-state index >= 15 is 0 Å². The Labute approximate surface area is 116 Å². The van der Waals surface area contributed by atoms with E-state index in [-0.39, 0.29) is 12.5 Å². The van der Waals surface area contributed by atoms with Gasteiger partial charge in [0, 0.05) is 22.2 Å². The summed E-state index contributed by atoms with van der Waals surface area (Å²) in [6.07, 6.45) is 3.79. The maximum absolute atomic E-state index is 11.2. The third-order valence-corrected chi connectivity index (χ3v) is 3.53. The highest BCUT2D eigenvalue weighted by atomic mass is 32.2. The Morgan fingerprint density at radius 3 is 3.06 bits per heavy atom. The zero-order valence-electron chi connectivity index (χ0n) is 9.87. The van der Waals surface area contributed by atoms with Crippen LogP contribution in [0.4, 0.5) is 0 Å². The van der Waals surface area contributed by atoms with E-state index in [0.717, 1.165) is 15.4 Å². The molecule has 18 heavy (non-hydrogen) atoms. The number of carbonyl (C=O) groups is 1. The van der Waals surface area contributed by atoms with Crippen LogP contribution in [-0.4, -0.2) is 24.5 Å².